The molecule has 0 aromatic rings. The molecule has 0 spiro atoms. The Morgan fingerprint density at radius 2 is 2.00 bits per heavy atom. The van der Waals surface area contributed by atoms with Crippen molar-refractivity contribution >= 4 is 17.7 Å². The van der Waals surface area contributed by atoms with Gasteiger partial charge in [-0.25, -0.2) is 0 Å². The maximum absolute atomic E-state index is 12.3. The van der Waals surface area contributed by atoms with Crippen LogP contribution in [-0.4, -0.2) is 48.1 Å². The number of hydrogen-bond donors (Lipinski definition) is 0. The van der Waals surface area contributed by atoms with Gasteiger partial charge in [0.1, 0.15) is 4.75 Å². The summed E-state index contributed by atoms with van der Waals surface area (Å²) in [5, 5.41) is 9.22. The minimum absolute atomic E-state index is 0.141. The van der Waals surface area contributed by atoms with Crippen molar-refractivity contribution in [2.24, 2.45) is 5.92 Å². The SMILES string of the molecule is CSC1(C#N)CCN(C(=O)C2CCOCC2)CC1. The molecule has 0 atom stereocenters. The molecule has 2 fully saturated rings. The van der Waals surface area contributed by atoms with Gasteiger partial charge < -0.3 is 9.64 Å². The number of nitriles is 1. The zero-order valence-corrected chi connectivity index (χ0v) is 11.7. The molecule has 100 valence electrons. The molecule has 2 rings (SSSR count). The number of carbonyl (C=O) groups is 1. The van der Waals surface area contributed by atoms with Crippen LogP contribution in [-0.2, 0) is 9.53 Å². The molecule has 1 amide bonds. The highest BCUT2D eigenvalue weighted by molar-refractivity contribution is 8.00. The second-order valence-corrected chi connectivity index (χ2v) is 6.21. The summed E-state index contributed by atoms with van der Waals surface area (Å²) in [6, 6.07) is 2.41. The van der Waals surface area contributed by atoms with Crippen LogP contribution in [0.15, 0.2) is 0 Å². The number of nitrogens with zero attached hydrogens (tertiary/aromatic N) is 2. The van der Waals surface area contributed by atoms with Gasteiger partial charge in [0.2, 0.25) is 5.91 Å². The van der Waals surface area contributed by atoms with Gasteiger partial charge in [-0.15, -0.1) is 11.8 Å². The normalized spacial score (nSPS) is 24.6. The van der Waals surface area contributed by atoms with Gasteiger partial charge in [0, 0.05) is 32.2 Å². The minimum Gasteiger partial charge on any atom is -0.381 e. The summed E-state index contributed by atoms with van der Waals surface area (Å²) in [5.74, 6) is 0.411. The lowest BCUT2D eigenvalue weighted by atomic mass is 9.93. The molecular formula is C13H20N2O2S. The van der Waals surface area contributed by atoms with Crippen LogP contribution in [0.1, 0.15) is 25.7 Å². The summed E-state index contributed by atoms with van der Waals surface area (Å²) in [6.45, 7) is 2.86. The lowest BCUT2D eigenvalue weighted by molar-refractivity contribution is -0.139. The van der Waals surface area contributed by atoms with Crippen LogP contribution >= 0.6 is 11.8 Å². The van der Waals surface area contributed by atoms with Crippen LogP contribution in [0.4, 0.5) is 0 Å². The Morgan fingerprint density at radius 1 is 1.39 bits per heavy atom. The van der Waals surface area contributed by atoms with Crippen LogP contribution in [0.3, 0.4) is 0 Å². The molecule has 2 aliphatic rings. The largest absolute Gasteiger partial charge is 0.381 e. The van der Waals surface area contributed by atoms with Crippen LogP contribution in [0.2, 0.25) is 0 Å². The zero-order valence-electron chi connectivity index (χ0n) is 10.9. The average molecular weight is 268 g/mol. The summed E-state index contributed by atoms with van der Waals surface area (Å²) in [6.07, 6.45) is 5.26. The molecule has 2 heterocycles. The summed E-state index contributed by atoms with van der Waals surface area (Å²) in [5.41, 5.74) is 0. The van der Waals surface area contributed by atoms with Crippen LogP contribution < -0.4 is 0 Å². The molecule has 0 radical (unpaired) electrons. The Bertz CT molecular complexity index is 339. The van der Waals surface area contributed by atoms with Crippen molar-refractivity contribution in [3.05, 3.63) is 0 Å². The van der Waals surface area contributed by atoms with E-state index >= 15 is 0 Å². The summed E-state index contributed by atoms with van der Waals surface area (Å²) >= 11 is 1.62. The van der Waals surface area contributed by atoms with Gasteiger partial charge >= 0.3 is 0 Å². The topological polar surface area (TPSA) is 53.3 Å². The number of piperidine rings is 1. The summed E-state index contributed by atoms with van der Waals surface area (Å²) < 4.78 is 5.02. The van der Waals surface area contributed by atoms with Crippen molar-refractivity contribution in [2.45, 2.75) is 30.4 Å². The van der Waals surface area contributed by atoms with Crippen molar-refractivity contribution in [1.82, 2.24) is 4.90 Å². The predicted molar refractivity (Wildman–Crippen MR) is 71.2 cm³/mol. The fourth-order valence-electron chi connectivity index (χ4n) is 2.65. The third-order valence-corrected chi connectivity index (χ3v) is 5.33. The first-order valence-corrected chi connectivity index (χ1v) is 7.76. The van der Waals surface area contributed by atoms with E-state index in [0.717, 1.165) is 38.8 Å². The first-order chi connectivity index (χ1) is 8.71. The van der Waals surface area contributed by atoms with Gasteiger partial charge in [0.15, 0.2) is 0 Å². The van der Waals surface area contributed by atoms with Crippen molar-refractivity contribution in [3.8, 4) is 6.07 Å². The lowest BCUT2D eigenvalue weighted by Gasteiger charge is -2.38. The van der Waals surface area contributed by atoms with E-state index in [-0.39, 0.29) is 16.6 Å². The van der Waals surface area contributed by atoms with Crippen molar-refractivity contribution in [1.29, 1.82) is 5.26 Å². The quantitative estimate of drug-likeness (QED) is 0.764. The molecule has 18 heavy (non-hydrogen) atoms. The molecule has 0 saturated carbocycles. The molecule has 0 bridgehead atoms. The summed E-state index contributed by atoms with van der Waals surface area (Å²) in [4.78, 5) is 14.3. The Balaban J connectivity index is 1.89. The third-order valence-electron chi connectivity index (χ3n) is 4.05. The van der Waals surface area contributed by atoms with Gasteiger partial charge in [-0.05, 0) is 31.9 Å². The molecule has 2 saturated heterocycles. The number of ether oxygens (including phenoxy) is 1. The predicted octanol–water partition coefficient (Wildman–Crippen LogP) is 1.66. The van der Waals surface area contributed by atoms with Crippen LogP contribution in [0.25, 0.3) is 0 Å². The van der Waals surface area contributed by atoms with Crippen LogP contribution in [0, 0.1) is 17.2 Å². The number of carbonyl (C=O) groups excluding carboxylic acids is 1. The van der Waals surface area contributed by atoms with Gasteiger partial charge in [0.05, 0.1) is 6.07 Å². The second kappa shape index (κ2) is 5.94. The second-order valence-electron chi connectivity index (χ2n) is 5.02. The smallest absolute Gasteiger partial charge is 0.225 e. The third kappa shape index (κ3) is 2.81. The van der Waals surface area contributed by atoms with Crippen molar-refractivity contribution in [3.63, 3.8) is 0 Å². The molecule has 5 heteroatoms. The lowest BCUT2D eigenvalue weighted by Crippen LogP contribution is -2.47. The minimum atomic E-state index is -0.271. The van der Waals surface area contributed by atoms with E-state index in [1.807, 2.05) is 11.2 Å². The Hall–Kier alpha value is -0.730. The summed E-state index contributed by atoms with van der Waals surface area (Å²) in [7, 11) is 0. The molecule has 4 nitrogen and oxygen atoms in total. The Labute approximate surface area is 113 Å². The van der Waals surface area contributed by atoms with Gasteiger partial charge in [-0.2, -0.15) is 5.26 Å². The highest BCUT2D eigenvalue weighted by atomic mass is 32.2. The monoisotopic (exact) mass is 268 g/mol. The highest BCUT2D eigenvalue weighted by Gasteiger charge is 2.37. The first-order valence-electron chi connectivity index (χ1n) is 6.54. The number of thioether (sulfide) groups is 1. The van der Waals surface area contributed by atoms with E-state index in [1.165, 1.54) is 0 Å². The maximum Gasteiger partial charge on any atom is 0.225 e. The Morgan fingerprint density at radius 3 is 2.50 bits per heavy atom. The van der Waals surface area contributed by atoms with Gasteiger partial charge in [-0.1, -0.05) is 0 Å². The number of amides is 1. The zero-order chi connectivity index (χ0) is 13.0. The molecule has 0 aromatic heterocycles. The van der Waals surface area contributed by atoms with E-state index in [2.05, 4.69) is 6.07 Å². The molecule has 0 aromatic carbocycles. The van der Waals surface area contributed by atoms with E-state index < -0.39 is 0 Å². The van der Waals surface area contributed by atoms with Crippen molar-refractivity contribution < 1.29 is 9.53 Å². The van der Waals surface area contributed by atoms with E-state index in [0.29, 0.717) is 13.2 Å². The van der Waals surface area contributed by atoms with E-state index in [1.54, 1.807) is 11.8 Å². The van der Waals surface area contributed by atoms with Crippen LogP contribution in [0.5, 0.6) is 0 Å². The van der Waals surface area contributed by atoms with Gasteiger partial charge in [-0.3, -0.25) is 4.79 Å². The number of likely N-dealkylation sites (tertiary alicyclic amines) is 1. The molecule has 2 aliphatic heterocycles. The van der Waals surface area contributed by atoms with Gasteiger partial charge in [0.25, 0.3) is 0 Å². The molecule has 0 unspecified atom stereocenters. The first kappa shape index (κ1) is 13.7. The standard InChI is InChI=1S/C13H20N2O2S/c1-18-13(10-14)4-6-15(7-5-13)12(16)11-2-8-17-9-3-11/h11H,2-9H2,1H3. The van der Waals surface area contributed by atoms with E-state index in [4.69, 9.17) is 4.74 Å². The van der Waals surface area contributed by atoms with Crippen molar-refractivity contribution in [2.75, 3.05) is 32.6 Å². The number of rotatable bonds is 2. The molecule has 0 aliphatic carbocycles. The van der Waals surface area contributed by atoms with E-state index in [9.17, 15) is 10.1 Å². The number of hydrogen-bond acceptors (Lipinski definition) is 4. The molecule has 0 N–H and O–H groups in total. The highest BCUT2D eigenvalue weighted by Crippen LogP contribution is 2.34. The Kier molecular flexibility index (Phi) is 4.52. The fourth-order valence-corrected chi connectivity index (χ4v) is 3.33. The fraction of sp³-hybridized carbons (Fsp3) is 0.846. The average Bonchev–Trinajstić information content (AvgIpc) is 2.47. The molecular weight excluding hydrogens is 248 g/mol. The maximum atomic E-state index is 12.3.